The summed E-state index contributed by atoms with van der Waals surface area (Å²) in [5.74, 6) is -0.672. The van der Waals surface area contributed by atoms with Crippen LogP contribution >= 0.6 is 23.2 Å². The van der Waals surface area contributed by atoms with E-state index >= 15 is 0 Å². The molecule has 1 N–H and O–H groups in total. The van der Waals surface area contributed by atoms with E-state index in [1.54, 1.807) is 0 Å². The molecule has 0 aliphatic rings. The second-order valence-corrected chi connectivity index (χ2v) is 7.02. The van der Waals surface area contributed by atoms with Gasteiger partial charge in [0.25, 0.3) is 5.69 Å². The summed E-state index contributed by atoms with van der Waals surface area (Å²) in [6, 6.07) is 8.08. The zero-order valence-corrected chi connectivity index (χ0v) is 17.7. The number of hydrogen-bond donors (Lipinski definition) is 1. The maximum atomic E-state index is 12.4. The number of nitro benzene ring substituents is 1. The molecule has 0 saturated carbocycles. The molecule has 1 heterocycles. The number of nitro groups is 2. The van der Waals surface area contributed by atoms with Crippen molar-refractivity contribution < 1.29 is 24.1 Å². The zero-order chi connectivity index (χ0) is 23.4. The third-order valence-electron chi connectivity index (χ3n) is 3.91. The fourth-order valence-electron chi connectivity index (χ4n) is 2.60. The van der Waals surface area contributed by atoms with Gasteiger partial charge in [-0.3, -0.25) is 29.7 Å². The number of amides is 1. The monoisotopic (exact) mass is 481 g/mol. The van der Waals surface area contributed by atoms with E-state index in [0.29, 0.717) is 5.02 Å². The molecule has 1 aromatic heterocycles. The van der Waals surface area contributed by atoms with E-state index in [1.165, 1.54) is 31.4 Å². The summed E-state index contributed by atoms with van der Waals surface area (Å²) in [6.07, 6.45) is 1.03. The van der Waals surface area contributed by atoms with Crippen LogP contribution in [0.4, 0.5) is 17.1 Å². The number of methoxy groups -OCH3 is 1. The minimum atomic E-state index is -0.702. The summed E-state index contributed by atoms with van der Waals surface area (Å²) in [4.78, 5) is 33.3. The first-order valence-corrected chi connectivity index (χ1v) is 9.40. The molecule has 2 aromatic carbocycles. The molecular formula is C18H13Cl2N5O7. The Hall–Kier alpha value is -3.90. The molecule has 12 nitrogen and oxygen atoms in total. The van der Waals surface area contributed by atoms with Gasteiger partial charge in [-0.25, -0.2) is 0 Å². The van der Waals surface area contributed by atoms with Crippen molar-refractivity contribution in [3.8, 4) is 17.4 Å². The average Bonchev–Trinajstić information content (AvgIpc) is 3.13. The Morgan fingerprint density at radius 3 is 2.50 bits per heavy atom. The Morgan fingerprint density at radius 2 is 1.91 bits per heavy atom. The van der Waals surface area contributed by atoms with Crippen LogP contribution in [0, 0.1) is 20.2 Å². The van der Waals surface area contributed by atoms with Gasteiger partial charge < -0.3 is 14.8 Å². The topological polar surface area (TPSA) is 152 Å². The quantitative estimate of drug-likeness (QED) is 0.365. The van der Waals surface area contributed by atoms with Crippen LogP contribution in [0.1, 0.15) is 0 Å². The number of aromatic nitrogens is 2. The molecule has 14 heteroatoms. The molecule has 0 spiro atoms. The molecule has 166 valence electrons. The number of anilines is 1. The lowest BCUT2D eigenvalue weighted by Gasteiger charge is -2.10. The third kappa shape index (κ3) is 5.42. The highest BCUT2D eigenvalue weighted by Gasteiger charge is 2.21. The number of nitrogens with one attached hydrogen (secondary N) is 1. The normalized spacial score (nSPS) is 10.5. The molecule has 3 rings (SSSR count). The SMILES string of the molecule is COc1nn(CC(=O)Nc2cc(Oc3ccc(Cl)cc3Cl)cc([N+](=O)[O-])c2)cc1[N+](=O)[O-]. The Bertz CT molecular complexity index is 1210. The number of nitrogens with zero attached hydrogens (tertiary/aromatic N) is 4. The molecule has 32 heavy (non-hydrogen) atoms. The van der Waals surface area contributed by atoms with Gasteiger partial charge in [0.1, 0.15) is 24.2 Å². The van der Waals surface area contributed by atoms with Crippen molar-refractivity contribution >= 4 is 46.2 Å². The van der Waals surface area contributed by atoms with Crippen molar-refractivity contribution in [1.29, 1.82) is 0 Å². The number of rotatable bonds is 8. The van der Waals surface area contributed by atoms with Gasteiger partial charge in [0, 0.05) is 17.2 Å². The zero-order valence-electron chi connectivity index (χ0n) is 16.2. The molecule has 1 amide bonds. The van der Waals surface area contributed by atoms with Gasteiger partial charge in [-0.15, -0.1) is 5.10 Å². The number of carbonyl (C=O) groups excluding carboxylic acids is 1. The smallest absolute Gasteiger partial charge is 0.350 e. The number of halogens is 2. The van der Waals surface area contributed by atoms with E-state index < -0.39 is 28.0 Å². The van der Waals surface area contributed by atoms with Crippen molar-refractivity contribution in [2.45, 2.75) is 6.54 Å². The minimum absolute atomic E-state index is 0.0371. The van der Waals surface area contributed by atoms with Gasteiger partial charge in [0.15, 0.2) is 0 Å². The Labute approximate surface area is 189 Å². The molecule has 0 fully saturated rings. The number of ether oxygens (including phenoxy) is 2. The fourth-order valence-corrected chi connectivity index (χ4v) is 3.04. The van der Waals surface area contributed by atoms with E-state index in [0.717, 1.165) is 23.0 Å². The predicted molar refractivity (Wildman–Crippen MR) is 114 cm³/mol. The first kappa shape index (κ1) is 22.8. The average molecular weight is 482 g/mol. The molecule has 0 aliphatic carbocycles. The number of carbonyl (C=O) groups is 1. The Balaban J connectivity index is 1.81. The van der Waals surface area contributed by atoms with Crippen molar-refractivity contribution in [3.63, 3.8) is 0 Å². The maximum absolute atomic E-state index is 12.4. The highest BCUT2D eigenvalue weighted by atomic mass is 35.5. The van der Waals surface area contributed by atoms with Crippen LogP contribution < -0.4 is 14.8 Å². The molecule has 0 bridgehead atoms. The van der Waals surface area contributed by atoms with E-state index in [-0.39, 0.29) is 33.8 Å². The largest absolute Gasteiger partial charge is 0.475 e. The van der Waals surface area contributed by atoms with Crippen LogP contribution in [0.2, 0.25) is 10.0 Å². The lowest BCUT2D eigenvalue weighted by molar-refractivity contribution is -0.385. The van der Waals surface area contributed by atoms with Crippen LogP contribution in [0.25, 0.3) is 0 Å². The molecule has 3 aromatic rings. The second kappa shape index (κ2) is 9.49. The van der Waals surface area contributed by atoms with Gasteiger partial charge in [0.05, 0.1) is 33.7 Å². The summed E-state index contributed by atoms with van der Waals surface area (Å²) in [6.45, 7) is -0.411. The lowest BCUT2D eigenvalue weighted by Crippen LogP contribution is -2.19. The highest BCUT2D eigenvalue weighted by Crippen LogP contribution is 2.34. The first-order chi connectivity index (χ1) is 15.2. The molecule has 0 saturated heterocycles. The van der Waals surface area contributed by atoms with Crippen LogP contribution in [-0.4, -0.2) is 32.6 Å². The van der Waals surface area contributed by atoms with Gasteiger partial charge in [-0.05, 0) is 18.2 Å². The van der Waals surface area contributed by atoms with E-state index in [1.807, 2.05) is 0 Å². The summed E-state index contributed by atoms with van der Waals surface area (Å²) in [7, 11) is 1.21. The van der Waals surface area contributed by atoms with E-state index in [2.05, 4.69) is 10.4 Å². The van der Waals surface area contributed by atoms with Crippen LogP contribution in [-0.2, 0) is 11.3 Å². The highest BCUT2D eigenvalue weighted by molar-refractivity contribution is 6.35. The predicted octanol–water partition coefficient (Wildman–Crippen LogP) is 4.45. The van der Waals surface area contributed by atoms with E-state index in [9.17, 15) is 25.0 Å². The first-order valence-electron chi connectivity index (χ1n) is 8.64. The summed E-state index contributed by atoms with van der Waals surface area (Å²) in [5, 5.41) is 29.1. The van der Waals surface area contributed by atoms with Crippen molar-refractivity contribution in [2.75, 3.05) is 12.4 Å². The van der Waals surface area contributed by atoms with E-state index in [4.69, 9.17) is 32.7 Å². The van der Waals surface area contributed by atoms with Crippen molar-refractivity contribution in [1.82, 2.24) is 9.78 Å². The standard InChI is InChI=1S/C18H13Cl2N5O7/c1-31-18-15(25(29)30)8-23(22-18)9-17(26)21-11-5-12(24(27)28)7-13(6-11)32-16-3-2-10(19)4-14(16)20/h2-8H,9H2,1H3,(H,21,26). The van der Waals surface area contributed by atoms with Crippen molar-refractivity contribution in [3.05, 3.63) is 72.9 Å². The summed E-state index contributed by atoms with van der Waals surface area (Å²) < 4.78 is 11.4. The van der Waals surface area contributed by atoms with Crippen LogP contribution in [0.3, 0.4) is 0 Å². The molecule has 0 unspecified atom stereocenters. The summed E-state index contributed by atoms with van der Waals surface area (Å²) >= 11 is 11.9. The third-order valence-corrected chi connectivity index (χ3v) is 4.44. The molecule has 0 aliphatic heterocycles. The Kier molecular flexibility index (Phi) is 6.76. The number of non-ortho nitro benzene ring substituents is 1. The van der Waals surface area contributed by atoms with Crippen LogP contribution in [0.5, 0.6) is 17.4 Å². The minimum Gasteiger partial charge on any atom is -0.475 e. The molecular weight excluding hydrogens is 469 g/mol. The molecule has 0 radical (unpaired) electrons. The number of benzene rings is 2. The Morgan fingerprint density at radius 1 is 1.16 bits per heavy atom. The van der Waals surface area contributed by atoms with Gasteiger partial charge in [-0.1, -0.05) is 23.2 Å². The van der Waals surface area contributed by atoms with Crippen LogP contribution in [0.15, 0.2) is 42.6 Å². The second-order valence-electron chi connectivity index (χ2n) is 6.18. The van der Waals surface area contributed by atoms with Gasteiger partial charge >= 0.3 is 11.6 Å². The van der Waals surface area contributed by atoms with Gasteiger partial charge in [-0.2, -0.15) is 0 Å². The van der Waals surface area contributed by atoms with Gasteiger partial charge in [0.2, 0.25) is 5.91 Å². The summed E-state index contributed by atoms with van der Waals surface area (Å²) in [5.41, 5.74) is -0.705. The maximum Gasteiger partial charge on any atom is 0.350 e. The molecule has 0 atom stereocenters. The van der Waals surface area contributed by atoms with Crippen molar-refractivity contribution in [2.24, 2.45) is 0 Å². The number of hydrogen-bond acceptors (Lipinski definition) is 8. The lowest BCUT2D eigenvalue weighted by atomic mass is 10.2. The fraction of sp³-hybridized carbons (Fsp3) is 0.111.